The molecule has 0 aliphatic heterocycles. The zero-order valence-corrected chi connectivity index (χ0v) is 63.1. The maximum Gasteiger partial charge on any atom is 0.472 e. The van der Waals surface area contributed by atoms with E-state index < -0.39 is 97.5 Å². The number of esters is 4. The number of unbranched alkanes of at least 4 members (excludes halogenated alkanes) is 44. The molecule has 5 atom stereocenters. The van der Waals surface area contributed by atoms with Gasteiger partial charge >= 0.3 is 39.5 Å². The minimum atomic E-state index is -4.96. The first-order valence-electron chi connectivity index (χ1n) is 39.0. The maximum absolute atomic E-state index is 13.1. The molecular weight excluding hydrogens is 1230 g/mol. The SMILES string of the molecule is CCCCCCCCCCCCCCCCCCCCC(=O)O[C@H](COC(=O)CCCCCCCCCCCCCCCC(C)C)COP(=O)(O)OC[C@@H](O)COP(=O)(O)OC[C@@H](COC(=O)CCCCCCCCCC)OC(=O)CCCCCCCCCCCC(C)C. The molecule has 0 radical (unpaired) electrons. The Hall–Kier alpha value is -1.94. The number of phosphoric acid groups is 2. The van der Waals surface area contributed by atoms with Crippen LogP contribution < -0.4 is 0 Å². The summed E-state index contributed by atoms with van der Waals surface area (Å²) in [5, 5.41) is 10.6. The molecule has 2 unspecified atom stereocenters. The molecule has 0 saturated heterocycles. The molecular formula is C75H146O17P2. The van der Waals surface area contributed by atoms with Crippen molar-refractivity contribution in [3.8, 4) is 0 Å². The molecule has 0 aliphatic rings. The number of phosphoric ester groups is 2. The summed E-state index contributed by atoms with van der Waals surface area (Å²) in [6.45, 7) is 9.56. The lowest BCUT2D eigenvalue weighted by atomic mass is 10.0. The number of hydrogen-bond donors (Lipinski definition) is 3. The molecule has 94 heavy (non-hydrogen) atoms. The second kappa shape index (κ2) is 66.9. The van der Waals surface area contributed by atoms with E-state index in [-0.39, 0.29) is 25.7 Å². The van der Waals surface area contributed by atoms with Crippen molar-refractivity contribution in [2.45, 2.75) is 407 Å². The van der Waals surface area contributed by atoms with Crippen LogP contribution in [0.25, 0.3) is 0 Å². The molecule has 0 aliphatic carbocycles. The van der Waals surface area contributed by atoms with Crippen molar-refractivity contribution in [2.75, 3.05) is 39.6 Å². The van der Waals surface area contributed by atoms with Crippen LogP contribution in [-0.4, -0.2) is 96.7 Å². The van der Waals surface area contributed by atoms with Crippen molar-refractivity contribution in [3.05, 3.63) is 0 Å². The quantitative estimate of drug-likeness (QED) is 0.0222. The molecule has 17 nitrogen and oxygen atoms in total. The second-order valence-electron chi connectivity index (χ2n) is 28.0. The first kappa shape index (κ1) is 92.1. The van der Waals surface area contributed by atoms with Crippen LogP contribution in [0.3, 0.4) is 0 Å². The topological polar surface area (TPSA) is 237 Å². The summed E-state index contributed by atoms with van der Waals surface area (Å²) >= 11 is 0. The van der Waals surface area contributed by atoms with Gasteiger partial charge in [-0.2, -0.15) is 0 Å². The normalized spacial score (nSPS) is 14.0. The second-order valence-corrected chi connectivity index (χ2v) is 30.9. The van der Waals surface area contributed by atoms with E-state index in [1.807, 2.05) is 0 Å². The van der Waals surface area contributed by atoms with Gasteiger partial charge in [-0.15, -0.1) is 0 Å². The number of rotatable bonds is 74. The fraction of sp³-hybridized carbons (Fsp3) is 0.947. The van der Waals surface area contributed by atoms with Crippen LogP contribution in [0.5, 0.6) is 0 Å². The number of aliphatic hydroxyl groups is 1. The highest BCUT2D eigenvalue weighted by Gasteiger charge is 2.30. The molecule has 0 saturated carbocycles. The lowest BCUT2D eigenvalue weighted by molar-refractivity contribution is -0.161. The summed E-state index contributed by atoms with van der Waals surface area (Å²) in [5.74, 6) is -0.592. The Kier molecular flexibility index (Phi) is 65.5. The van der Waals surface area contributed by atoms with E-state index in [0.29, 0.717) is 25.7 Å². The number of aliphatic hydroxyl groups excluding tert-OH is 1. The average molecular weight is 1380 g/mol. The lowest BCUT2D eigenvalue weighted by Crippen LogP contribution is -2.30. The van der Waals surface area contributed by atoms with Gasteiger partial charge in [0.05, 0.1) is 26.4 Å². The van der Waals surface area contributed by atoms with Crippen molar-refractivity contribution >= 4 is 39.5 Å². The van der Waals surface area contributed by atoms with E-state index >= 15 is 0 Å². The zero-order valence-electron chi connectivity index (χ0n) is 61.3. The first-order valence-corrected chi connectivity index (χ1v) is 42.0. The predicted octanol–water partition coefficient (Wildman–Crippen LogP) is 21.9. The number of carbonyl (C=O) groups excluding carboxylic acids is 4. The fourth-order valence-electron chi connectivity index (χ4n) is 11.5. The molecule has 0 bridgehead atoms. The Labute approximate surface area is 575 Å². The van der Waals surface area contributed by atoms with E-state index in [1.54, 1.807) is 0 Å². The molecule has 0 rings (SSSR count). The summed E-state index contributed by atoms with van der Waals surface area (Å²) in [7, 11) is -9.91. The van der Waals surface area contributed by atoms with Crippen molar-refractivity contribution in [1.29, 1.82) is 0 Å². The van der Waals surface area contributed by atoms with Gasteiger partial charge in [0.2, 0.25) is 0 Å². The van der Waals surface area contributed by atoms with E-state index in [1.165, 1.54) is 199 Å². The fourth-order valence-corrected chi connectivity index (χ4v) is 13.1. The van der Waals surface area contributed by atoms with Crippen LogP contribution in [0, 0.1) is 11.8 Å². The lowest BCUT2D eigenvalue weighted by Gasteiger charge is -2.21. The largest absolute Gasteiger partial charge is 0.472 e. The Morgan fingerprint density at radius 3 is 0.723 bits per heavy atom. The highest BCUT2D eigenvalue weighted by Crippen LogP contribution is 2.45. The van der Waals surface area contributed by atoms with Crippen LogP contribution in [-0.2, 0) is 65.4 Å². The molecule has 0 fully saturated rings. The summed E-state index contributed by atoms with van der Waals surface area (Å²) in [6, 6.07) is 0. The molecule has 0 aromatic carbocycles. The average Bonchev–Trinajstić information content (AvgIpc) is 3.29. The Morgan fingerprint density at radius 1 is 0.287 bits per heavy atom. The van der Waals surface area contributed by atoms with Crippen LogP contribution in [0.2, 0.25) is 0 Å². The molecule has 0 aromatic heterocycles. The van der Waals surface area contributed by atoms with Crippen LogP contribution >= 0.6 is 15.6 Å². The summed E-state index contributed by atoms with van der Waals surface area (Å²) in [5.41, 5.74) is 0. The molecule has 3 N–H and O–H groups in total. The molecule has 558 valence electrons. The van der Waals surface area contributed by atoms with Crippen molar-refractivity contribution < 1.29 is 80.2 Å². The van der Waals surface area contributed by atoms with Gasteiger partial charge < -0.3 is 33.8 Å². The van der Waals surface area contributed by atoms with Gasteiger partial charge in [0.25, 0.3) is 0 Å². The van der Waals surface area contributed by atoms with Crippen LogP contribution in [0.15, 0.2) is 0 Å². The monoisotopic (exact) mass is 1380 g/mol. The molecule has 19 heteroatoms. The molecule has 0 spiro atoms. The molecule has 0 aromatic rings. The minimum absolute atomic E-state index is 0.105. The summed E-state index contributed by atoms with van der Waals surface area (Å²) in [4.78, 5) is 72.7. The van der Waals surface area contributed by atoms with Gasteiger partial charge in [0.15, 0.2) is 12.2 Å². The van der Waals surface area contributed by atoms with Crippen LogP contribution in [0.1, 0.15) is 388 Å². The van der Waals surface area contributed by atoms with E-state index in [4.69, 9.17) is 37.0 Å². The van der Waals surface area contributed by atoms with Gasteiger partial charge in [0, 0.05) is 25.7 Å². The standard InChI is InChI=1S/C75H146O17P2/c1-7-9-11-13-15-17-18-19-20-21-22-23-26-30-35-41-47-53-59-74(79)91-71(64-86-73(78)58-52-46-40-34-29-27-24-25-28-32-37-43-49-55-67(3)4)66-90-94(83,84)88-62-69(76)61-87-93(81,82)89-65-70(63-85-72(77)57-51-45-39-16-14-12-10-8-2)92-75(80)60-54-48-42-36-31-33-38-44-50-56-68(5)6/h67-71,76H,7-66H2,1-6H3,(H,81,82)(H,83,84)/t69-,70+,71+/m0/s1. The van der Waals surface area contributed by atoms with E-state index in [0.717, 1.165) is 108 Å². The third-order valence-electron chi connectivity index (χ3n) is 17.5. The van der Waals surface area contributed by atoms with Gasteiger partial charge in [-0.1, -0.05) is 337 Å². The molecule has 0 heterocycles. The van der Waals surface area contributed by atoms with Gasteiger partial charge in [-0.3, -0.25) is 37.3 Å². The third-order valence-corrected chi connectivity index (χ3v) is 19.4. The van der Waals surface area contributed by atoms with E-state index in [2.05, 4.69) is 41.5 Å². The van der Waals surface area contributed by atoms with Crippen LogP contribution in [0.4, 0.5) is 0 Å². The van der Waals surface area contributed by atoms with Gasteiger partial charge in [-0.25, -0.2) is 9.13 Å². The Bertz CT molecular complexity index is 1820. The minimum Gasteiger partial charge on any atom is -0.462 e. The number of carbonyl (C=O) groups is 4. The summed E-state index contributed by atoms with van der Waals surface area (Å²) in [6.07, 6.45) is 54.2. The zero-order chi connectivity index (χ0) is 69.3. The highest BCUT2D eigenvalue weighted by molar-refractivity contribution is 7.47. The number of ether oxygens (including phenoxy) is 4. The van der Waals surface area contributed by atoms with Crippen molar-refractivity contribution in [1.82, 2.24) is 0 Å². The molecule has 0 amide bonds. The number of hydrogen-bond acceptors (Lipinski definition) is 15. The smallest absolute Gasteiger partial charge is 0.462 e. The Balaban J connectivity index is 5.21. The Morgan fingerprint density at radius 2 is 0.489 bits per heavy atom. The van der Waals surface area contributed by atoms with Crippen molar-refractivity contribution in [3.63, 3.8) is 0 Å². The van der Waals surface area contributed by atoms with Crippen molar-refractivity contribution in [2.24, 2.45) is 11.8 Å². The predicted molar refractivity (Wildman–Crippen MR) is 381 cm³/mol. The summed E-state index contributed by atoms with van der Waals surface area (Å²) < 4.78 is 68.4. The van der Waals surface area contributed by atoms with Gasteiger partial charge in [0.1, 0.15) is 19.3 Å². The third kappa shape index (κ3) is 68.6. The first-order chi connectivity index (χ1) is 45.4. The highest BCUT2D eigenvalue weighted by atomic mass is 31.2. The van der Waals surface area contributed by atoms with E-state index in [9.17, 15) is 43.2 Å². The maximum atomic E-state index is 13.1. The van der Waals surface area contributed by atoms with Gasteiger partial charge in [-0.05, 0) is 37.5 Å².